The molecule has 4 heteroatoms. The number of fused-ring (bicyclic) bond motifs is 3. The van der Waals surface area contributed by atoms with Crippen molar-refractivity contribution in [2.75, 3.05) is 0 Å². The summed E-state index contributed by atoms with van der Waals surface area (Å²) in [5.41, 5.74) is 2.22. The van der Waals surface area contributed by atoms with E-state index in [2.05, 4.69) is 13.8 Å². The first-order chi connectivity index (χ1) is 12.4. The van der Waals surface area contributed by atoms with E-state index in [0.717, 1.165) is 55.0 Å². The molecule has 1 saturated carbocycles. The van der Waals surface area contributed by atoms with Crippen molar-refractivity contribution < 1.29 is 13.9 Å². The number of ketones is 1. The van der Waals surface area contributed by atoms with E-state index in [1.807, 2.05) is 13.0 Å². The van der Waals surface area contributed by atoms with Crippen molar-refractivity contribution in [3.05, 3.63) is 39.2 Å². The number of ether oxygens (including phenoxy) is 1. The van der Waals surface area contributed by atoms with Crippen LogP contribution >= 0.6 is 0 Å². The van der Waals surface area contributed by atoms with Crippen LogP contribution in [0.4, 0.5) is 0 Å². The monoisotopic (exact) mass is 354 g/mol. The predicted octanol–water partition coefficient (Wildman–Crippen LogP) is 4.97. The third kappa shape index (κ3) is 2.76. The van der Waals surface area contributed by atoms with Crippen LogP contribution in [0.3, 0.4) is 0 Å². The number of hydrogen-bond donors (Lipinski definition) is 0. The Kier molecular flexibility index (Phi) is 4.17. The van der Waals surface area contributed by atoms with Crippen LogP contribution in [-0.2, 0) is 6.42 Å². The molecule has 138 valence electrons. The molecule has 2 aromatic rings. The van der Waals surface area contributed by atoms with Gasteiger partial charge in [0.15, 0.2) is 5.78 Å². The molecule has 1 aliphatic heterocycles. The van der Waals surface area contributed by atoms with Gasteiger partial charge in [0.1, 0.15) is 16.9 Å². The van der Waals surface area contributed by atoms with E-state index < -0.39 is 5.60 Å². The maximum absolute atomic E-state index is 13.1. The van der Waals surface area contributed by atoms with Crippen LogP contribution in [0.15, 0.2) is 21.3 Å². The van der Waals surface area contributed by atoms with Crippen LogP contribution in [0, 0.1) is 12.8 Å². The fraction of sp³-hybridized carbons (Fsp3) is 0.545. The van der Waals surface area contributed by atoms with Gasteiger partial charge in [0.2, 0.25) is 0 Å². The molecule has 1 aliphatic carbocycles. The Labute approximate surface area is 153 Å². The van der Waals surface area contributed by atoms with E-state index in [1.54, 1.807) is 6.07 Å². The average Bonchev–Trinajstić information content (AvgIpc) is 2.57. The van der Waals surface area contributed by atoms with E-state index in [1.165, 1.54) is 0 Å². The molecular formula is C22H26O4. The summed E-state index contributed by atoms with van der Waals surface area (Å²) in [5.74, 6) is 1.50. The van der Waals surface area contributed by atoms with Gasteiger partial charge >= 0.3 is 5.63 Å². The van der Waals surface area contributed by atoms with E-state index in [4.69, 9.17) is 9.15 Å². The standard InChI is InChI=1S/C22H26O4/c1-4-5-15-11-18(24)25-17-10-14(3)19-16(23)12-22(26-21(19)20(15)17)8-6-13(2)7-9-22/h10-11,13H,4-9,12H2,1-3H3. The molecule has 0 atom stereocenters. The molecule has 4 rings (SSSR count). The Morgan fingerprint density at radius 2 is 1.92 bits per heavy atom. The first-order valence-corrected chi connectivity index (χ1v) is 9.75. The Morgan fingerprint density at radius 3 is 2.62 bits per heavy atom. The van der Waals surface area contributed by atoms with Crippen molar-refractivity contribution in [3.63, 3.8) is 0 Å². The average molecular weight is 354 g/mol. The minimum absolute atomic E-state index is 0.161. The summed E-state index contributed by atoms with van der Waals surface area (Å²) in [6, 6.07) is 3.37. The van der Waals surface area contributed by atoms with E-state index in [0.29, 0.717) is 29.2 Å². The first kappa shape index (κ1) is 17.3. The van der Waals surface area contributed by atoms with Crippen molar-refractivity contribution in [1.29, 1.82) is 0 Å². The lowest BCUT2D eigenvalue weighted by Crippen LogP contribution is -2.45. The highest BCUT2D eigenvalue weighted by Gasteiger charge is 2.44. The number of carbonyl (C=O) groups excluding carboxylic acids is 1. The smallest absolute Gasteiger partial charge is 0.336 e. The molecule has 1 aromatic carbocycles. The van der Waals surface area contributed by atoms with Crippen LogP contribution < -0.4 is 10.4 Å². The van der Waals surface area contributed by atoms with Crippen LogP contribution in [0.1, 0.15) is 73.9 Å². The largest absolute Gasteiger partial charge is 0.485 e. The fourth-order valence-corrected chi connectivity index (χ4v) is 4.61. The topological polar surface area (TPSA) is 56.5 Å². The lowest BCUT2D eigenvalue weighted by Gasteiger charge is -2.43. The molecule has 2 aliphatic rings. The van der Waals surface area contributed by atoms with E-state index in [-0.39, 0.29) is 11.4 Å². The minimum atomic E-state index is -0.392. The summed E-state index contributed by atoms with van der Waals surface area (Å²) in [7, 11) is 0. The van der Waals surface area contributed by atoms with Crippen molar-refractivity contribution >= 4 is 16.8 Å². The van der Waals surface area contributed by atoms with Crippen LogP contribution in [-0.4, -0.2) is 11.4 Å². The molecule has 0 N–H and O–H groups in total. The van der Waals surface area contributed by atoms with Gasteiger partial charge in [0.25, 0.3) is 0 Å². The van der Waals surface area contributed by atoms with Crippen LogP contribution in [0.2, 0.25) is 0 Å². The number of benzene rings is 1. The summed E-state index contributed by atoms with van der Waals surface area (Å²) in [6.07, 6.45) is 6.13. The summed E-state index contributed by atoms with van der Waals surface area (Å²) in [4.78, 5) is 25.0. The van der Waals surface area contributed by atoms with Gasteiger partial charge in [0.05, 0.1) is 17.4 Å². The van der Waals surface area contributed by atoms with Crippen molar-refractivity contribution in [1.82, 2.24) is 0 Å². The van der Waals surface area contributed by atoms with E-state index >= 15 is 0 Å². The summed E-state index contributed by atoms with van der Waals surface area (Å²) < 4.78 is 12.1. The Bertz CT molecular complexity index is 929. The van der Waals surface area contributed by atoms with Crippen molar-refractivity contribution in [3.8, 4) is 5.75 Å². The highest BCUT2D eigenvalue weighted by Crippen LogP contribution is 2.47. The second-order valence-corrected chi connectivity index (χ2v) is 8.18. The molecule has 2 heterocycles. The summed E-state index contributed by atoms with van der Waals surface area (Å²) in [5, 5.41) is 0.818. The SMILES string of the molecule is CCCc1cc(=O)oc2cc(C)c3c(c12)OC1(CCC(C)CC1)CC3=O. The van der Waals surface area contributed by atoms with Crippen molar-refractivity contribution in [2.45, 2.75) is 71.3 Å². The predicted molar refractivity (Wildman–Crippen MR) is 101 cm³/mol. The molecule has 0 radical (unpaired) electrons. The number of hydrogen-bond acceptors (Lipinski definition) is 4. The lowest BCUT2D eigenvalue weighted by atomic mass is 9.74. The zero-order valence-corrected chi connectivity index (χ0v) is 15.8. The van der Waals surface area contributed by atoms with Gasteiger partial charge < -0.3 is 9.15 Å². The summed E-state index contributed by atoms with van der Waals surface area (Å²) >= 11 is 0. The minimum Gasteiger partial charge on any atom is -0.485 e. The highest BCUT2D eigenvalue weighted by molar-refractivity contribution is 6.07. The first-order valence-electron chi connectivity index (χ1n) is 9.75. The molecule has 0 amide bonds. The lowest BCUT2D eigenvalue weighted by molar-refractivity contribution is 0.00510. The Morgan fingerprint density at radius 1 is 1.19 bits per heavy atom. The number of rotatable bonds is 2. The normalized spacial score (nSPS) is 25.3. The molecule has 26 heavy (non-hydrogen) atoms. The molecule has 0 bridgehead atoms. The number of Topliss-reactive ketones (excluding diaryl/α,β-unsaturated/α-hetero) is 1. The number of carbonyl (C=O) groups is 1. The zero-order valence-electron chi connectivity index (χ0n) is 15.8. The fourth-order valence-electron chi connectivity index (χ4n) is 4.61. The van der Waals surface area contributed by atoms with Gasteiger partial charge in [-0.15, -0.1) is 0 Å². The maximum Gasteiger partial charge on any atom is 0.336 e. The molecule has 4 nitrogen and oxygen atoms in total. The molecule has 1 aromatic heterocycles. The van der Waals surface area contributed by atoms with Gasteiger partial charge in [0, 0.05) is 6.07 Å². The van der Waals surface area contributed by atoms with Gasteiger partial charge in [-0.25, -0.2) is 4.79 Å². The molecule has 1 spiro atoms. The van der Waals surface area contributed by atoms with E-state index in [9.17, 15) is 9.59 Å². The molecule has 1 fully saturated rings. The zero-order chi connectivity index (χ0) is 18.5. The van der Waals surface area contributed by atoms with Gasteiger partial charge in [-0.05, 0) is 62.1 Å². The molecule has 0 unspecified atom stereocenters. The number of aryl methyl sites for hydroxylation is 2. The summed E-state index contributed by atoms with van der Waals surface area (Å²) in [6.45, 7) is 6.24. The second kappa shape index (κ2) is 6.26. The third-order valence-corrected chi connectivity index (χ3v) is 6.05. The maximum atomic E-state index is 13.1. The van der Waals surface area contributed by atoms with Crippen molar-refractivity contribution in [2.24, 2.45) is 5.92 Å². The Hall–Kier alpha value is -2.10. The third-order valence-electron chi connectivity index (χ3n) is 6.05. The van der Waals surface area contributed by atoms with Gasteiger partial charge in [-0.2, -0.15) is 0 Å². The second-order valence-electron chi connectivity index (χ2n) is 8.18. The quantitative estimate of drug-likeness (QED) is 0.715. The highest BCUT2D eigenvalue weighted by atomic mass is 16.5. The van der Waals surface area contributed by atoms with Gasteiger partial charge in [-0.1, -0.05) is 20.3 Å². The molecule has 0 saturated heterocycles. The van der Waals surface area contributed by atoms with Gasteiger partial charge in [-0.3, -0.25) is 4.79 Å². The van der Waals surface area contributed by atoms with Crippen LogP contribution in [0.5, 0.6) is 5.75 Å². The van der Waals surface area contributed by atoms with Crippen LogP contribution in [0.25, 0.3) is 11.0 Å². The molecular weight excluding hydrogens is 328 g/mol. The Balaban J connectivity index is 1.94.